The first-order chi connectivity index (χ1) is 13.5. The number of benzene rings is 2. The number of anilines is 1. The highest BCUT2D eigenvalue weighted by atomic mass is 32.2. The molecule has 0 aromatic heterocycles. The van der Waals surface area contributed by atoms with Crippen LogP contribution in [0.3, 0.4) is 0 Å². The maximum Gasteiger partial charge on any atom is 0.187 e. The SMILES string of the molecule is CC(C)(C)c1cc(C=CC(=O)c2cccc3c2SC=CN3)cc(C(C)(C)C)c1O. The number of ketones is 1. The molecular weight excluding hydrogens is 378 g/mol. The lowest BCUT2D eigenvalue weighted by Gasteiger charge is -2.27. The highest BCUT2D eigenvalue weighted by Crippen LogP contribution is 2.40. The summed E-state index contributed by atoms with van der Waals surface area (Å²) in [6.45, 7) is 12.5. The van der Waals surface area contributed by atoms with Crippen molar-refractivity contribution in [1.82, 2.24) is 0 Å². The van der Waals surface area contributed by atoms with E-state index in [2.05, 4.69) is 46.9 Å². The minimum Gasteiger partial charge on any atom is -0.507 e. The number of fused-ring (bicyclic) bond motifs is 1. The van der Waals surface area contributed by atoms with E-state index in [1.165, 1.54) is 0 Å². The summed E-state index contributed by atoms with van der Waals surface area (Å²) in [5, 5.41) is 16.0. The van der Waals surface area contributed by atoms with Crippen LogP contribution in [0.2, 0.25) is 0 Å². The number of phenols is 1. The van der Waals surface area contributed by atoms with E-state index in [9.17, 15) is 9.90 Å². The highest BCUT2D eigenvalue weighted by Gasteiger charge is 2.26. The first-order valence-electron chi connectivity index (χ1n) is 9.80. The molecule has 0 saturated heterocycles. The summed E-state index contributed by atoms with van der Waals surface area (Å²) in [7, 11) is 0. The zero-order valence-electron chi connectivity index (χ0n) is 18.0. The Hall–Kier alpha value is -2.46. The monoisotopic (exact) mass is 407 g/mol. The summed E-state index contributed by atoms with van der Waals surface area (Å²) in [4.78, 5) is 13.9. The van der Waals surface area contributed by atoms with Gasteiger partial charge in [-0.3, -0.25) is 4.79 Å². The third-order valence-corrected chi connectivity index (χ3v) is 5.90. The van der Waals surface area contributed by atoms with E-state index in [4.69, 9.17) is 0 Å². The highest BCUT2D eigenvalue weighted by molar-refractivity contribution is 8.02. The summed E-state index contributed by atoms with van der Waals surface area (Å²) in [6.07, 6.45) is 5.34. The Labute approximate surface area is 177 Å². The van der Waals surface area contributed by atoms with Crippen LogP contribution in [-0.2, 0) is 10.8 Å². The Morgan fingerprint density at radius 3 is 2.24 bits per heavy atom. The van der Waals surface area contributed by atoms with Gasteiger partial charge < -0.3 is 10.4 Å². The second-order valence-corrected chi connectivity index (χ2v) is 10.3. The second kappa shape index (κ2) is 7.75. The normalized spacial score (nSPS) is 14.0. The number of aromatic hydroxyl groups is 1. The molecule has 2 aromatic rings. The fourth-order valence-corrected chi connectivity index (χ4v) is 4.18. The van der Waals surface area contributed by atoms with Crippen LogP contribution in [-0.4, -0.2) is 10.9 Å². The second-order valence-electron chi connectivity index (χ2n) is 9.41. The largest absolute Gasteiger partial charge is 0.507 e. The first-order valence-corrected chi connectivity index (χ1v) is 10.7. The molecule has 0 atom stereocenters. The number of nitrogens with one attached hydrogen (secondary N) is 1. The molecule has 0 bridgehead atoms. The standard InChI is InChI=1S/C25H29NO2S/c1-24(2,3)18-14-16(15-19(22(18)28)25(4,5)6)10-11-21(27)17-8-7-9-20-23(17)29-13-12-26-20/h7-15,26,28H,1-6H3. The van der Waals surface area contributed by atoms with Crippen LogP contribution in [0.1, 0.15) is 68.6 Å². The van der Waals surface area contributed by atoms with Gasteiger partial charge in [0.2, 0.25) is 0 Å². The van der Waals surface area contributed by atoms with Gasteiger partial charge in [-0.25, -0.2) is 0 Å². The Morgan fingerprint density at radius 1 is 1.03 bits per heavy atom. The van der Waals surface area contributed by atoms with Crippen molar-refractivity contribution in [2.75, 3.05) is 5.32 Å². The van der Waals surface area contributed by atoms with Gasteiger partial charge in [0.1, 0.15) is 5.75 Å². The lowest BCUT2D eigenvalue weighted by molar-refractivity contribution is 0.104. The average Bonchev–Trinajstić information content (AvgIpc) is 2.64. The molecule has 1 aliphatic rings. The van der Waals surface area contributed by atoms with Crippen LogP contribution in [0.25, 0.3) is 6.08 Å². The predicted molar refractivity (Wildman–Crippen MR) is 124 cm³/mol. The van der Waals surface area contributed by atoms with Crippen molar-refractivity contribution >= 4 is 29.3 Å². The molecule has 0 spiro atoms. The van der Waals surface area contributed by atoms with Crippen LogP contribution in [0.5, 0.6) is 5.75 Å². The molecule has 3 rings (SSSR count). The van der Waals surface area contributed by atoms with E-state index in [1.807, 2.05) is 48.0 Å². The van der Waals surface area contributed by atoms with Gasteiger partial charge in [-0.2, -0.15) is 0 Å². The summed E-state index contributed by atoms with van der Waals surface area (Å²) in [5.74, 6) is 0.314. The molecule has 0 aliphatic carbocycles. The topological polar surface area (TPSA) is 49.3 Å². The Morgan fingerprint density at radius 2 is 1.66 bits per heavy atom. The van der Waals surface area contributed by atoms with Crippen molar-refractivity contribution in [2.45, 2.75) is 57.3 Å². The number of hydrogen-bond donors (Lipinski definition) is 2. The van der Waals surface area contributed by atoms with Gasteiger partial charge in [0.25, 0.3) is 0 Å². The number of rotatable bonds is 3. The molecule has 2 N–H and O–H groups in total. The minimum absolute atomic E-state index is 0.0332. The average molecular weight is 408 g/mol. The van der Waals surface area contributed by atoms with Crippen molar-refractivity contribution in [3.8, 4) is 5.75 Å². The Bertz CT molecular complexity index is 969. The molecule has 0 amide bonds. The zero-order chi connectivity index (χ0) is 21.4. The van der Waals surface area contributed by atoms with Crippen molar-refractivity contribution in [2.24, 2.45) is 0 Å². The number of carbonyl (C=O) groups is 1. The number of phenolic OH excluding ortho intramolecular Hbond substituents is 1. The number of carbonyl (C=O) groups excluding carboxylic acids is 1. The maximum absolute atomic E-state index is 12.9. The van der Waals surface area contributed by atoms with Gasteiger partial charge in [-0.1, -0.05) is 65.4 Å². The molecule has 4 heteroatoms. The predicted octanol–water partition coefficient (Wildman–Crippen LogP) is 6.87. The van der Waals surface area contributed by atoms with Crippen LogP contribution >= 0.6 is 11.8 Å². The van der Waals surface area contributed by atoms with Gasteiger partial charge in [-0.05, 0) is 52.1 Å². The molecule has 3 nitrogen and oxygen atoms in total. The van der Waals surface area contributed by atoms with E-state index in [0.717, 1.165) is 27.3 Å². The fraction of sp³-hybridized carbons (Fsp3) is 0.320. The molecule has 0 fully saturated rings. The molecule has 1 heterocycles. The number of thioether (sulfide) groups is 1. The molecule has 0 saturated carbocycles. The quantitative estimate of drug-likeness (QED) is 0.430. The molecule has 2 aromatic carbocycles. The molecule has 0 radical (unpaired) electrons. The smallest absolute Gasteiger partial charge is 0.187 e. The van der Waals surface area contributed by atoms with Crippen LogP contribution in [0.4, 0.5) is 5.69 Å². The summed E-state index contributed by atoms with van der Waals surface area (Å²) < 4.78 is 0. The fourth-order valence-electron chi connectivity index (χ4n) is 3.36. The third kappa shape index (κ3) is 4.59. The van der Waals surface area contributed by atoms with Gasteiger partial charge >= 0.3 is 0 Å². The lowest BCUT2D eigenvalue weighted by atomic mass is 9.78. The van der Waals surface area contributed by atoms with E-state index in [1.54, 1.807) is 17.8 Å². The lowest BCUT2D eigenvalue weighted by Crippen LogP contribution is -2.17. The van der Waals surface area contributed by atoms with Gasteiger partial charge in [-0.15, -0.1) is 0 Å². The van der Waals surface area contributed by atoms with Crippen LogP contribution in [0, 0.1) is 0 Å². The van der Waals surface area contributed by atoms with Crippen LogP contribution in [0.15, 0.2) is 52.9 Å². The maximum atomic E-state index is 12.9. The Balaban J connectivity index is 2.00. The van der Waals surface area contributed by atoms with Gasteiger partial charge in [0.15, 0.2) is 5.78 Å². The summed E-state index contributed by atoms with van der Waals surface area (Å²) in [6, 6.07) is 9.68. The molecule has 152 valence electrons. The molecule has 0 unspecified atom stereocenters. The van der Waals surface area contributed by atoms with E-state index < -0.39 is 0 Å². The third-order valence-electron chi connectivity index (χ3n) is 4.95. The number of hydrogen-bond acceptors (Lipinski definition) is 4. The minimum atomic E-state index is -0.203. The van der Waals surface area contributed by atoms with Crippen molar-refractivity contribution < 1.29 is 9.90 Å². The van der Waals surface area contributed by atoms with E-state index in [-0.39, 0.29) is 16.6 Å². The molecular formula is C25H29NO2S. The Kier molecular flexibility index (Phi) is 5.68. The van der Waals surface area contributed by atoms with Crippen LogP contribution < -0.4 is 5.32 Å². The van der Waals surface area contributed by atoms with E-state index >= 15 is 0 Å². The summed E-state index contributed by atoms with van der Waals surface area (Å²) in [5.41, 5.74) is 3.92. The van der Waals surface area contributed by atoms with E-state index in [0.29, 0.717) is 11.3 Å². The zero-order valence-corrected chi connectivity index (χ0v) is 18.8. The first kappa shape index (κ1) is 21.3. The van der Waals surface area contributed by atoms with Crippen molar-refractivity contribution in [3.05, 3.63) is 70.3 Å². The molecule has 29 heavy (non-hydrogen) atoms. The van der Waals surface area contributed by atoms with Gasteiger partial charge in [0, 0.05) is 27.8 Å². The molecule has 1 aliphatic heterocycles. The van der Waals surface area contributed by atoms with Crippen molar-refractivity contribution in [1.29, 1.82) is 0 Å². The van der Waals surface area contributed by atoms with Gasteiger partial charge in [0.05, 0.1) is 5.69 Å². The number of allylic oxidation sites excluding steroid dienone is 1. The van der Waals surface area contributed by atoms with Crippen molar-refractivity contribution in [3.63, 3.8) is 0 Å². The summed E-state index contributed by atoms with van der Waals surface area (Å²) >= 11 is 1.55.